The maximum Gasteiger partial charge on any atom is 0.148 e. The van der Waals surface area contributed by atoms with Gasteiger partial charge < -0.3 is 9.84 Å². The summed E-state index contributed by atoms with van der Waals surface area (Å²) in [6, 6.07) is 7.24. The molecule has 1 aliphatic rings. The normalized spacial score (nSPS) is 19.1. The molecule has 0 spiro atoms. The van der Waals surface area contributed by atoms with E-state index in [1.54, 1.807) is 10.6 Å². The lowest BCUT2D eigenvalue weighted by Gasteiger charge is -2.26. The second kappa shape index (κ2) is 8.88. The summed E-state index contributed by atoms with van der Waals surface area (Å²) in [6.07, 6.45) is 9.02. The van der Waals surface area contributed by atoms with Crippen LogP contribution in [0.5, 0.6) is 5.75 Å². The Labute approximate surface area is 196 Å². The van der Waals surface area contributed by atoms with E-state index in [1.165, 1.54) is 12.3 Å². The Balaban J connectivity index is 1.53. The van der Waals surface area contributed by atoms with Crippen molar-refractivity contribution in [3.63, 3.8) is 0 Å². The van der Waals surface area contributed by atoms with Gasteiger partial charge in [0.15, 0.2) is 0 Å². The third-order valence-corrected chi connectivity index (χ3v) is 6.54. The largest absolute Gasteiger partial charge is 0.482 e. The molecule has 0 saturated heterocycles. The Hall–Kier alpha value is -3.77. The fourth-order valence-corrected chi connectivity index (χ4v) is 4.66. The zero-order valence-corrected chi connectivity index (χ0v) is 19.0. The van der Waals surface area contributed by atoms with Crippen LogP contribution in [-0.4, -0.2) is 35.6 Å². The highest BCUT2D eigenvalue weighted by molar-refractivity contribution is 5.76. The van der Waals surface area contributed by atoms with Gasteiger partial charge >= 0.3 is 0 Å². The van der Waals surface area contributed by atoms with Crippen molar-refractivity contribution in [2.75, 3.05) is 0 Å². The molecule has 1 fully saturated rings. The first kappa shape index (κ1) is 22.0. The molecular formula is C25H25FN6O2. The molecule has 4 aromatic rings. The molecule has 1 atom stereocenters. The molecule has 1 unspecified atom stereocenters. The van der Waals surface area contributed by atoms with Crippen molar-refractivity contribution in [3.05, 3.63) is 65.8 Å². The number of aliphatic hydroxyl groups is 1. The number of hydrogen-bond acceptors (Lipinski definition) is 6. The third kappa shape index (κ3) is 4.01. The molecule has 34 heavy (non-hydrogen) atoms. The van der Waals surface area contributed by atoms with Gasteiger partial charge in [-0.15, -0.1) is 0 Å². The van der Waals surface area contributed by atoms with Crippen molar-refractivity contribution in [1.82, 2.24) is 24.4 Å². The molecule has 5 rings (SSSR count). The molecule has 1 N–H and O–H groups in total. The summed E-state index contributed by atoms with van der Waals surface area (Å²) in [5.41, 5.74) is 4.35. The van der Waals surface area contributed by atoms with E-state index in [0.29, 0.717) is 22.5 Å². The van der Waals surface area contributed by atoms with E-state index in [-0.39, 0.29) is 12.1 Å². The van der Waals surface area contributed by atoms with Gasteiger partial charge in [-0.1, -0.05) is 0 Å². The summed E-state index contributed by atoms with van der Waals surface area (Å²) in [5.74, 6) is 0.0703. The number of hydrogen-bond donors (Lipinski definition) is 1. The van der Waals surface area contributed by atoms with Crippen molar-refractivity contribution < 1.29 is 14.2 Å². The highest BCUT2D eigenvalue weighted by atomic mass is 19.1. The molecule has 0 amide bonds. The van der Waals surface area contributed by atoms with E-state index in [4.69, 9.17) is 4.74 Å². The summed E-state index contributed by atoms with van der Waals surface area (Å²) in [6.45, 7) is 3.86. The number of aliphatic hydroxyl groups excluding tert-OH is 1. The molecule has 0 aromatic carbocycles. The van der Waals surface area contributed by atoms with Crippen LogP contribution in [0.1, 0.15) is 61.7 Å². The highest BCUT2D eigenvalue weighted by Crippen LogP contribution is 2.36. The molecular weight excluding hydrogens is 435 g/mol. The predicted molar refractivity (Wildman–Crippen MR) is 123 cm³/mol. The first-order chi connectivity index (χ1) is 16.4. The highest BCUT2D eigenvalue weighted by Gasteiger charge is 2.24. The monoisotopic (exact) mass is 460 g/mol. The average Bonchev–Trinajstić information content (AvgIpc) is 3.43. The summed E-state index contributed by atoms with van der Waals surface area (Å²) >= 11 is 0. The van der Waals surface area contributed by atoms with E-state index in [9.17, 15) is 14.8 Å². The topological polar surface area (TPSA) is 101 Å². The lowest BCUT2D eigenvalue weighted by Crippen LogP contribution is -2.22. The number of ether oxygens (including phenoxy) is 1. The number of halogens is 1. The van der Waals surface area contributed by atoms with E-state index in [1.807, 2.05) is 37.0 Å². The fourth-order valence-electron chi connectivity index (χ4n) is 4.66. The molecule has 8 nitrogen and oxygen atoms in total. The number of aromatic nitrogens is 5. The molecule has 4 heterocycles. The number of nitriles is 1. The van der Waals surface area contributed by atoms with E-state index < -0.39 is 11.9 Å². The Kier molecular flexibility index (Phi) is 5.75. The van der Waals surface area contributed by atoms with Crippen LogP contribution in [0, 0.1) is 24.1 Å². The summed E-state index contributed by atoms with van der Waals surface area (Å²) in [7, 11) is 0. The Morgan fingerprint density at radius 3 is 2.68 bits per heavy atom. The number of nitrogens with zero attached hydrogens (tertiary/aromatic N) is 6. The van der Waals surface area contributed by atoms with E-state index in [2.05, 4.69) is 21.3 Å². The van der Waals surface area contributed by atoms with Crippen LogP contribution in [0.3, 0.4) is 0 Å². The van der Waals surface area contributed by atoms with Gasteiger partial charge in [-0.2, -0.15) is 15.5 Å². The minimum Gasteiger partial charge on any atom is -0.482 e. The first-order valence-corrected chi connectivity index (χ1v) is 11.4. The average molecular weight is 461 g/mol. The van der Waals surface area contributed by atoms with Gasteiger partial charge in [0.05, 0.1) is 36.4 Å². The fraction of sp³-hybridized carbons (Fsp3) is 0.360. The zero-order valence-electron chi connectivity index (χ0n) is 19.0. The van der Waals surface area contributed by atoms with Crippen LogP contribution in [0.25, 0.3) is 16.6 Å². The quantitative estimate of drug-likeness (QED) is 0.470. The van der Waals surface area contributed by atoms with Gasteiger partial charge in [0.1, 0.15) is 34.8 Å². The van der Waals surface area contributed by atoms with Crippen molar-refractivity contribution in [2.45, 2.75) is 57.8 Å². The third-order valence-electron chi connectivity index (χ3n) is 6.54. The number of pyridine rings is 2. The smallest absolute Gasteiger partial charge is 0.148 e. The molecule has 9 heteroatoms. The van der Waals surface area contributed by atoms with Crippen LogP contribution in [0.2, 0.25) is 0 Å². The Morgan fingerprint density at radius 2 is 1.97 bits per heavy atom. The minimum absolute atomic E-state index is 0.222. The lowest BCUT2D eigenvalue weighted by atomic mass is 9.93. The van der Waals surface area contributed by atoms with Crippen molar-refractivity contribution in [2.24, 2.45) is 0 Å². The summed E-state index contributed by atoms with van der Waals surface area (Å²) in [5, 5.41) is 28.4. The summed E-state index contributed by atoms with van der Waals surface area (Å²) < 4.78 is 23.2. The second-order valence-corrected chi connectivity index (χ2v) is 8.77. The molecule has 0 bridgehead atoms. The van der Waals surface area contributed by atoms with Gasteiger partial charge in [0.25, 0.3) is 0 Å². The Bertz CT molecular complexity index is 1360. The van der Waals surface area contributed by atoms with Crippen LogP contribution in [-0.2, 0) is 0 Å². The Morgan fingerprint density at radius 1 is 1.18 bits per heavy atom. The van der Waals surface area contributed by atoms with Crippen molar-refractivity contribution in [3.8, 4) is 22.9 Å². The van der Waals surface area contributed by atoms with Crippen LogP contribution >= 0.6 is 0 Å². The van der Waals surface area contributed by atoms with Crippen molar-refractivity contribution in [1.29, 1.82) is 5.26 Å². The van der Waals surface area contributed by atoms with Gasteiger partial charge in [0.2, 0.25) is 0 Å². The van der Waals surface area contributed by atoms with Crippen LogP contribution < -0.4 is 4.74 Å². The molecule has 4 aromatic heterocycles. The second-order valence-electron chi connectivity index (χ2n) is 8.77. The van der Waals surface area contributed by atoms with E-state index >= 15 is 0 Å². The van der Waals surface area contributed by atoms with E-state index in [0.717, 1.165) is 48.7 Å². The zero-order chi connectivity index (χ0) is 23.8. The minimum atomic E-state index is -0.474. The maximum absolute atomic E-state index is 13.3. The molecule has 1 saturated carbocycles. The number of fused-ring (bicyclic) bond motifs is 1. The van der Waals surface area contributed by atoms with Crippen LogP contribution in [0.4, 0.5) is 4.39 Å². The first-order valence-electron chi connectivity index (χ1n) is 11.4. The van der Waals surface area contributed by atoms with Gasteiger partial charge in [0, 0.05) is 23.0 Å². The molecule has 0 radical (unpaired) electrons. The van der Waals surface area contributed by atoms with Gasteiger partial charge in [-0.05, 0) is 57.7 Å². The standard InChI is InChI=1S/C25H25FN6O2/c1-15-22(13-30-32(15)20-4-6-21(33)7-5-20)17-9-24(25-18(10-27)11-29-31(25)14-17)34-16(2)23-8-3-19(26)12-28-23/h3,8-9,11-14,16,20-21,33H,4-7H2,1-2H3. The van der Waals surface area contributed by atoms with Crippen molar-refractivity contribution >= 4 is 5.52 Å². The SMILES string of the molecule is Cc1c(-c2cc(OC(C)c3ccc(F)cn3)c3c(C#N)cnn3c2)cnn1C1CCC(O)CC1. The number of rotatable bonds is 5. The van der Waals surface area contributed by atoms with Gasteiger partial charge in [-0.3, -0.25) is 9.67 Å². The molecule has 0 aliphatic heterocycles. The maximum atomic E-state index is 13.3. The lowest BCUT2D eigenvalue weighted by molar-refractivity contribution is 0.107. The predicted octanol–water partition coefficient (Wildman–Crippen LogP) is 4.53. The molecule has 1 aliphatic carbocycles. The summed E-state index contributed by atoms with van der Waals surface area (Å²) in [4.78, 5) is 4.12. The molecule has 174 valence electrons. The van der Waals surface area contributed by atoms with Crippen LogP contribution in [0.15, 0.2) is 43.0 Å². The van der Waals surface area contributed by atoms with Gasteiger partial charge in [-0.25, -0.2) is 8.91 Å².